The molecule has 1 aliphatic rings. The van der Waals surface area contributed by atoms with Crippen LogP contribution in [0.3, 0.4) is 0 Å². The van der Waals surface area contributed by atoms with E-state index in [9.17, 15) is 14.4 Å². The number of methoxy groups -OCH3 is 1. The van der Waals surface area contributed by atoms with Gasteiger partial charge in [-0.3, -0.25) is 14.4 Å². The average molecular weight is 295 g/mol. The van der Waals surface area contributed by atoms with Gasteiger partial charge in [0.1, 0.15) is 5.69 Å². The summed E-state index contributed by atoms with van der Waals surface area (Å²) in [5, 5.41) is 12.7. The van der Waals surface area contributed by atoms with E-state index in [0.717, 1.165) is 0 Å². The highest BCUT2D eigenvalue weighted by Gasteiger charge is 2.33. The minimum absolute atomic E-state index is 0.00848. The Morgan fingerprint density at radius 3 is 2.76 bits per heavy atom. The Morgan fingerprint density at radius 1 is 1.43 bits per heavy atom. The maximum Gasteiger partial charge on any atom is 0.303 e. The van der Waals surface area contributed by atoms with Crippen molar-refractivity contribution in [1.82, 2.24) is 14.7 Å². The SMILES string of the molecule is COCCn1nc(C(=O)N2CC(CC(=O)O)C2)ccc1=O. The Balaban J connectivity index is 2.00. The fourth-order valence-electron chi connectivity index (χ4n) is 2.17. The van der Waals surface area contributed by atoms with Gasteiger partial charge in [-0.1, -0.05) is 0 Å². The molecule has 0 aliphatic carbocycles. The average Bonchev–Trinajstić information content (AvgIpc) is 2.40. The molecular formula is C13H17N3O5. The third kappa shape index (κ3) is 3.66. The van der Waals surface area contributed by atoms with E-state index in [4.69, 9.17) is 9.84 Å². The van der Waals surface area contributed by atoms with Crippen LogP contribution in [0, 0.1) is 5.92 Å². The standard InChI is InChI=1S/C13H17N3O5/c1-21-5-4-16-11(17)3-2-10(14-16)13(20)15-7-9(8-15)6-12(18)19/h2-3,9H,4-8H2,1H3,(H,18,19). The van der Waals surface area contributed by atoms with Crippen molar-refractivity contribution in [2.45, 2.75) is 13.0 Å². The van der Waals surface area contributed by atoms with Gasteiger partial charge in [0.05, 0.1) is 19.6 Å². The molecule has 8 nitrogen and oxygen atoms in total. The molecule has 21 heavy (non-hydrogen) atoms. The first-order valence-corrected chi connectivity index (χ1v) is 6.59. The van der Waals surface area contributed by atoms with E-state index in [2.05, 4.69) is 5.10 Å². The molecule has 1 N–H and O–H groups in total. The molecule has 0 aromatic carbocycles. The summed E-state index contributed by atoms with van der Waals surface area (Å²) >= 11 is 0. The van der Waals surface area contributed by atoms with E-state index in [1.807, 2.05) is 0 Å². The lowest BCUT2D eigenvalue weighted by Crippen LogP contribution is -2.51. The number of carbonyl (C=O) groups excluding carboxylic acids is 1. The van der Waals surface area contributed by atoms with Gasteiger partial charge in [-0.15, -0.1) is 0 Å². The van der Waals surface area contributed by atoms with Crippen LogP contribution < -0.4 is 5.56 Å². The van der Waals surface area contributed by atoms with Crippen molar-refractivity contribution in [1.29, 1.82) is 0 Å². The smallest absolute Gasteiger partial charge is 0.303 e. The number of aromatic nitrogens is 2. The van der Waals surface area contributed by atoms with Crippen LogP contribution >= 0.6 is 0 Å². The molecule has 1 saturated heterocycles. The van der Waals surface area contributed by atoms with Crippen molar-refractivity contribution in [2.75, 3.05) is 26.8 Å². The van der Waals surface area contributed by atoms with Crippen LogP contribution in [0.5, 0.6) is 0 Å². The van der Waals surface area contributed by atoms with E-state index in [0.29, 0.717) is 19.7 Å². The first-order chi connectivity index (χ1) is 10.0. The Morgan fingerprint density at radius 2 is 2.14 bits per heavy atom. The van der Waals surface area contributed by atoms with Gasteiger partial charge >= 0.3 is 5.97 Å². The Hall–Kier alpha value is -2.22. The lowest BCUT2D eigenvalue weighted by Gasteiger charge is -2.38. The topological polar surface area (TPSA) is 102 Å². The Kier molecular flexibility index (Phi) is 4.69. The molecule has 0 atom stereocenters. The molecule has 2 heterocycles. The first-order valence-electron chi connectivity index (χ1n) is 6.59. The molecule has 0 saturated carbocycles. The molecule has 0 radical (unpaired) electrons. The summed E-state index contributed by atoms with van der Waals surface area (Å²) in [4.78, 5) is 35.8. The molecule has 1 aromatic rings. The number of amides is 1. The van der Waals surface area contributed by atoms with Gasteiger partial charge in [0.15, 0.2) is 0 Å². The van der Waals surface area contributed by atoms with E-state index in [-0.39, 0.29) is 36.0 Å². The highest BCUT2D eigenvalue weighted by atomic mass is 16.5. The van der Waals surface area contributed by atoms with Crippen LogP contribution in [-0.2, 0) is 16.1 Å². The number of hydrogen-bond acceptors (Lipinski definition) is 5. The molecule has 1 aliphatic heterocycles. The normalized spacial score (nSPS) is 14.8. The number of aliphatic carboxylic acids is 1. The van der Waals surface area contributed by atoms with Gasteiger partial charge in [0, 0.05) is 32.2 Å². The lowest BCUT2D eigenvalue weighted by molar-refractivity contribution is -0.139. The van der Waals surface area contributed by atoms with Crippen molar-refractivity contribution < 1.29 is 19.4 Å². The first kappa shape index (κ1) is 15.2. The predicted octanol–water partition coefficient (Wildman–Crippen LogP) is -0.564. The number of ether oxygens (including phenoxy) is 1. The molecular weight excluding hydrogens is 278 g/mol. The van der Waals surface area contributed by atoms with Crippen LogP contribution in [0.4, 0.5) is 0 Å². The van der Waals surface area contributed by atoms with Gasteiger partial charge in [-0.05, 0) is 6.07 Å². The van der Waals surface area contributed by atoms with Crippen molar-refractivity contribution >= 4 is 11.9 Å². The van der Waals surface area contributed by atoms with Crippen LogP contribution in [0.15, 0.2) is 16.9 Å². The number of rotatable bonds is 6. The zero-order chi connectivity index (χ0) is 15.4. The Bertz CT molecular complexity index is 592. The summed E-state index contributed by atoms with van der Waals surface area (Å²) in [5.74, 6) is -1.16. The van der Waals surface area contributed by atoms with Crippen LogP contribution in [-0.4, -0.2) is 58.5 Å². The minimum Gasteiger partial charge on any atom is -0.481 e. The number of nitrogens with zero attached hydrogens (tertiary/aromatic N) is 3. The van der Waals surface area contributed by atoms with Crippen LogP contribution in [0.1, 0.15) is 16.9 Å². The maximum atomic E-state index is 12.2. The summed E-state index contributed by atoms with van der Waals surface area (Å²) in [5.41, 5.74) is -0.115. The molecule has 114 valence electrons. The predicted molar refractivity (Wildman–Crippen MR) is 72.0 cm³/mol. The summed E-state index contributed by atoms with van der Waals surface area (Å²) in [6.07, 6.45) is 0.0601. The second-order valence-electron chi connectivity index (χ2n) is 4.95. The van der Waals surface area contributed by atoms with Gasteiger partial charge in [-0.25, -0.2) is 4.68 Å². The summed E-state index contributed by atoms with van der Waals surface area (Å²) in [6, 6.07) is 2.68. The van der Waals surface area contributed by atoms with Gasteiger partial charge in [0.25, 0.3) is 11.5 Å². The van der Waals surface area contributed by atoms with E-state index >= 15 is 0 Å². The fraction of sp³-hybridized carbons (Fsp3) is 0.538. The summed E-state index contributed by atoms with van der Waals surface area (Å²) < 4.78 is 6.07. The van der Waals surface area contributed by atoms with Crippen LogP contribution in [0.25, 0.3) is 0 Å². The maximum absolute atomic E-state index is 12.2. The van der Waals surface area contributed by atoms with E-state index in [1.165, 1.54) is 28.8 Å². The molecule has 0 spiro atoms. The number of carboxylic acids is 1. The van der Waals surface area contributed by atoms with Gasteiger partial charge < -0.3 is 14.7 Å². The zero-order valence-electron chi connectivity index (χ0n) is 11.7. The summed E-state index contributed by atoms with van der Waals surface area (Å²) in [7, 11) is 1.52. The molecule has 2 rings (SSSR count). The number of hydrogen-bond donors (Lipinski definition) is 1. The molecule has 1 fully saturated rings. The molecule has 1 aromatic heterocycles. The highest BCUT2D eigenvalue weighted by Crippen LogP contribution is 2.20. The van der Waals surface area contributed by atoms with Crippen molar-refractivity contribution in [2.24, 2.45) is 5.92 Å². The van der Waals surface area contributed by atoms with E-state index in [1.54, 1.807) is 0 Å². The second-order valence-corrected chi connectivity index (χ2v) is 4.95. The van der Waals surface area contributed by atoms with Gasteiger partial charge in [0.2, 0.25) is 0 Å². The molecule has 1 amide bonds. The number of carboxylic acid groups (broad SMARTS) is 1. The third-order valence-corrected chi connectivity index (χ3v) is 3.30. The van der Waals surface area contributed by atoms with Crippen molar-refractivity contribution in [3.8, 4) is 0 Å². The second kappa shape index (κ2) is 6.49. The Labute approximate surface area is 120 Å². The van der Waals surface area contributed by atoms with Crippen LogP contribution in [0.2, 0.25) is 0 Å². The quantitative estimate of drug-likeness (QED) is 0.754. The number of likely N-dealkylation sites (tertiary alicyclic amines) is 1. The van der Waals surface area contributed by atoms with Gasteiger partial charge in [-0.2, -0.15) is 5.10 Å². The van der Waals surface area contributed by atoms with Crippen molar-refractivity contribution in [3.63, 3.8) is 0 Å². The molecule has 0 unspecified atom stereocenters. The fourth-order valence-corrected chi connectivity index (χ4v) is 2.17. The minimum atomic E-state index is -0.863. The monoisotopic (exact) mass is 295 g/mol. The summed E-state index contributed by atoms with van der Waals surface area (Å²) in [6.45, 7) is 1.42. The lowest BCUT2D eigenvalue weighted by atomic mass is 9.96. The number of carbonyl (C=O) groups is 2. The highest BCUT2D eigenvalue weighted by molar-refractivity contribution is 5.92. The molecule has 0 bridgehead atoms. The van der Waals surface area contributed by atoms with Crippen molar-refractivity contribution in [3.05, 3.63) is 28.2 Å². The molecule has 8 heteroatoms. The largest absolute Gasteiger partial charge is 0.481 e. The zero-order valence-corrected chi connectivity index (χ0v) is 11.7. The third-order valence-electron chi connectivity index (χ3n) is 3.30. The van der Waals surface area contributed by atoms with E-state index < -0.39 is 5.97 Å².